The minimum atomic E-state index is -0.0766. The Morgan fingerprint density at radius 3 is 2.21 bits per heavy atom. The maximum Gasteiger partial charge on any atom is 0.226 e. The van der Waals surface area contributed by atoms with Crippen molar-refractivity contribution in [2.75, 3.05) is 19.6 Å². The highest BCUT2D eigenvalue weighted by atomic mass is 35.5. The first kappa shape index (κ1) is 13.7. The van der Waals surface area contributed by atoms with Crippen LogP contribution in [0.3, 0.4) is 0 Å². The largest absolute Gasteiger partial charge is 0.383 e. The van der Waals surface area contributed by atoms with Gasteiger partial charge in [-0.1, -0.05) is 0 Å². The number of ether oxygens (including phenoxy) is 1. The molecule has 0 aromatic heterocycles. The Morgan fingerprint density at radius 2 is 1.79 bits per heavy atom. The van der Waals surface area contributed by atoms with E-state index in [-0.39, 0.29) is 17.4 Å². The van der Waals surface area contributed by atoms with E-state index in [1.54, 1.807) is 7.11 Å². The zero-order chi connectivity index (χ0) is 13.5. The highest BCUT2D eigenvalue weighted by molar-refractivity contribution is 6.18. The van der Waals surface area contributed by atoms with Crippen LogP contribution in [0.4, 0.5) is 0 Å². The molecule has 0 aliphatic heterocycles. The van der Waals surface area contributed by atoms with Crippen molar-refractivity contribution in [1.82, 2.24) is 5.32 Å². The van der Waals surface area contributed by atoms with Gasteiger partial charge in [0.2, 0.25) is 5.91 Å². The molecule has 0 saturated heterocycles. The Balaban J connectivity index is 1.69. The van der Waals surface area contributed by atoms with Gasteiger partial charge in [-0.25, -0.2) is 0 Å². The van der Waals surface area contributed by atoms with Gasteiger partial charge in [0.1, 0.15) is 0 Å². The van der Waals surface area contributed by atoms with Crippen LogP contribution in [0.5, 0.6) is 0 Å². The summed E-state index contributed by atoms with van der Waals surface area (Å²) in [4.78, 5) is 12.7. The van der Waals surface area contributed by atoms with Crippen molar-refractivity contribution in [2.24, 2.45) is 23.2 Å². The summed E-state index contributed by atoms with van der Waals surface area (Å²) in [6.45, 7) is 0.502. The molecule has 3 nitrogen and oxygen atoms in total. The van der Waals surface area contributed by atoms with Crippen LogP contribution in [0.2, 0.25) is 0 Å². The predicted octanol–water partition coefficient (Wildman–Crippen LogP) is 2.57. The molecule has 1 atom stereocenters. The molecular weight excluding hydrogens is 262 g/mol. The average molecular weight is 286 g/mol. The van der Waals surface area contributed by atoms with Crippen LogP contribution in [-0.4, -0.2) is 31.5 Å². The van der Waals surface area contributed by atoms with Crippen molar-refractivity contribution in [3.8, 4) is 0 Å². The molecule has 108 valence electrons. The number of hydrogen-bond donors (Lipinski definition) is 1. The highest BCUT2D eigenvalue weighted by Crippen LogP contribution is 2.60. The topological polar surface area (TPSA) is 38.3 Å². The van der Waals surface area contributed by atoms with Crippen LogP contribution in [0.15, 0.2) is 0 Å². The first-order valence-electron chi connectivity index (χ1n) is 7.51. The fourth-order valence-electron chi connectivity index (χ4n) is 5.05. The summed E-state index contributed by atoms with van der Waals surface area (Å²) >= 11 is 5.90. The number of rotatable bonds is 5. The van der Waals surface area contributed by atoms with Crippen LogP contribution < -0.4 is 5.32 Å². The minimum Gasteiger partial charge on any atom is -0.383 e. The quantitative estimate of drug-likeness (QED) is 0.789. The summed E-state index contributed by atoms with van der Waals surface area (Å²) < 4.78 is 5.12. The van der Waals surface area contributed by atoms with Crippen molar-refractivity contribution in [3.63, 3.8) is 0 Å². The Labute approximate surface area is 120 Å². The standard InChI is InChI=1S/C15H24ClNO2/c1-19-9-13(8-16)17-14(18)15-5-10-2-11(6-15)4-12(3-10)7-15/h10-13H,2-9H2,1H3,(H,17,18). The summed E-state index contributed by atoms with van der Waals surface area (Å²) in [5, 5.41) is 3.13. The maximum atomic E-state index is 12.7. The van der Waals surface area contributed by atoms with Gasteiger partial charge in [-0.3, -0.25) is 4.79 Å². The lowest BCUT2D eigenvalue weighted by molar-refractivity contribution is -0.147. The van der Waals surface area contributed by atoms with Gasteiger partial charge in [-0.15, -0.1) is 11.6 Å². The molecule has 4 aliphatic carbocycles. The van der Waals surface area contributed by atoms with Crippen LogP contribution in [0, 0.1) is 23.2 Å². The van der Waals surface area contributed by atoms with Gasteiger partial charge < -0.3 is 10.1 Å². The molecule has 4 rings (SSSR count). The minimum absolute atomic E-state index is 0.0489. The number of carbonyl (C=O) groups is 1. The number of carbonyl (C=O) groups excluding carboxylic acids is 1. The lowest BCUT2D eigenvalue weighted by atomic mass is 9.49. The summed E-state index contributed by atoms with van der Waals surface area (Å²) in [5.74, 6) is 3.07. The van der Waals surface area contributed by atoms with Crippen LogP contribution in [0.1, 0.15) is 38.5 Å². The van der Waals surface area contributed by atoms with Gasteiger partial charge >= 0.3 is 0 Å². The number of alkyl halides is 1. The molecule has 0 spiro atoms. The first-order chi connectivity index (χ1) is 9.15. The molecule has 4 bridgehead atoms. The maximum absolute atomic E-state index is 12.7. The third kappa shape index (κ3) is 2.52. The molecular formula is C15H24ClNO2. The van der Waals surface area contributed by atoms with Crippen LogP contribution in [-0.2, 0) is 9.53 Å². The Bertz CT molecular complexity index is 323. The molecule has 4 saturated carbocycles. The molecule has 4 fully saturated rings. The van der Waals surface area contributed by atoms with Crippen molar-refractivity contribution in [1.29, 1.82) is 0 Å². The van der Waals surface area contributed by atoms with E-state index >= 15 is 0 Å². The number of halogens is 1. The van der Waals surface area contributed by atoms with E-state index in [1.807, 2.05) is 0 Å². The highest BCUT2D eigenvalue weighted by Gasteiger charge is 2.54. The first-order valence-corrected chi connectivity index (χ1v) is 8.04. The van der Waals surface area contributed by atoms with E-state index in [0.717, 1.165) is 37.0 Å². The van der Waals surface area contributed by atoms with E-state index in [9.17, 15) is 4.79 Å². The number of methoxy groups -OCH3 is 1. The lowest BCUT2D eigenvalue weighted by Crippen LogP contribution is -2.56. The second-order valence-electron chi connectivity index (χ2n) is 6.98. The van der Waals surface area contributed by atoms with Gasteiger partial charge in [0.05, 0.1) is 12.6 Å². The monoisotopic (exact) mass is 285 g/mol. The lowest BCUT2D eigenvalue weighted by Gasteiger charge is -2.55. The molecule has 1 amide bonds. The Morgan fingerprint density at radius 1 is 1.26 bits per heavy atom. The van der Waals surface area contributed by atoms with E-state index in [0.29, 0.717) is 12.5 Å². The SMILES string of the molecule is COCC(CCl)NC(=O)C12CC3CC(CC(C3)C1)C2. The Kier molecular flexibility index (Phi) is 3.78. The molecule has 0 aromatic carbocycles. The molecule has 1 unspecified atom stereocenters. The summed E-state index contributed by atoms with van der Waals surface area (Å²) in [5.41, 5.74) is -0.0766. The third-order valence-electron chi connectivity index (χ3n) is 5.41. The van der Waals surface area contributed by atoms with Gasteiger partial charge in [0.15, 0.2) is 0 Å². The predicted molar refractivity (Wildman–Crippen MR) is 75.1 cm³/mol. The van der Waals surface area contributed by atoms with Gasteiger partial charge in [0.25, 0.3) is 0 Å². The van der Waals surface area contributed by atoms with Crippen molar-refractivity contribution in [2.45, 2.75) is 44.6 Å². The van der Waals surface area contributed by atoms with Gasteiger partial charge in [-0.2, -0.15) is 0 Å². The van der Waals surface area contributed by atoms with Gasteiger partial charge in [0, 0.05) is 18.4 Å². The second-order valence-corrected chi connectivity index (χ2v) is 7.29. The number of nitrogens with one attached hydrogen (secondary N) is 1. The zero-order valence-electron chi connectivity index (χ0n) is 11.7. The van der Waals surface area contributed by atoms with Crippen molar-refractivity contribution in [3.05, 3.63) is 0 Å². The van der Waals surface area contributed by atoms with Crippen molar-refractivity contribution < 1.29 is 9.53 Å². The molecule has 0 aromatic rings. The van der Waals surface area contributed by atoms with E-state index in [4.69, 9.17) is 16.3 Å². The number of hydrogen-bond acceptors (Lipinski definition) is 2. The average Bonchev–Trinajstić information content (AvgIpc) is 2.36. The molecule has 0 radical (unpaired) electrons. The zero-order valence-corrected chi connectivity index (χ0v) is 12.4. The van der Waals surface area contributed by atoms with E-state index < -0.39 is 0 Å². The normalized spacial score (nSPS) is 41.3. The second kappa shape index (κ2) is 5.25. The van der Waals surface area contributed by atoms with E-state index in [1.165, 1.54) is 19.3 Å². The molecule has 4 heteroatoms. The molecule has 19 heavy (non-hydrogen) atoms. The molecule has 4 aliphatic rings. The fourth-order valence-corrected chi connectivity index (χ4v) is 5.22. The summed E-state index contributed by atoms with van der Waals surface area (Å²) in [6.07, 6.45) is 7.41. The Hall–Kier alpha value is -0.280. The smallest absolute Gasteiger partial charge is 0.226 e. The van der Waals surface area contributed by atoms with Gasteiger partial charge in [-0.05, 0) is 56.3 Å². The van der Waals surface area contributed by atoms with Crippen LogP contribution >= 0.6 is 11.6 Å². The number of amides is 1. The van der Waals surface area contributed by atoms with E-state index in [2.05, 4.69) is 5.32 Å². The third-order valence-corrected chi connectivity index (χ3v) is 5.78. The summed E-state index contributed by atoms with van der Waals surface area (Å²) in [7, 11) is 1.65. The van der Waals surface area contributed by atoms with Crippen LogP contribution in [0.25, 0.3) is 0 Å². The summed E-state index contributed by atoms with van der Waals surface area (Å²) in [6, 6.07) is -0.0489. The molecule has 1 N–H and O–H groups in total. The fraction of sp³-hybridized carbons (Fsp3) is 0.933. The molecule has 0 heterocycles. The van der Waals surface area contributed by atoms with Crippen molar-refractivity contribution >= 4 is 17.5 Å².